The fraction of sp³-hybridized carbons (Fsp3) is 0.346. The zero-order valence-corrected chi connectivity index (χ0v) is 35.4. The van der Waals surface area contributed by atoms with Gasteiger partial charge in [0.1, 0.15) is 23.0 Å². The van der Waals surface area contributed by atoms with Crippen LogP contribution in [0.5, 0.6) is 23.0 Å². The molecule has 5 rings (SSSR count). The number of rotatable bonds is 26. The Hall–Kier alpha value is -6.02. The number of nitrogens with zero attached hydrogens (tertiary/aromatic N) is 2. The second-order valence-electron chi connectivity index (χ2n) is 14.9. The molecule has 8 nitrogen and oxygen atoms in total. The van der Waals surface area contributed by atoms with Crippen molar-refractivity contribution < 1.29 is 28.5 Å². The number of esters is 2. The molecule has 0 atom stereocenters. The molecule has 0 bridgehead atoms. The predicted octanol–water partition coefficient (Wildman–Crippen LogP) is 13.9. The van der Waals surface area contributed by atoms with E-state index >= 15 is 0 Å². The summed E-state index contributed by atoms with van der Waals surface area (Å²) in [5, 5.41) is 0. The summed E-state index contributed by atoms with van der Waals surface area (Å²) in [5.74, 6) is 1.58. The number of benzene rings is 5. The van der Waals surface area contributed by atoms with Crippen LogP contribution in [0.4, 0.5) is 11.4 Å². The Balaban J connectivity index is 1.02. The summed E-state index contributed by atoms with van der Waals surface area (Å²) in [6, 6.07) is 36.1. The van der Waals surface area contributed by atoms with Crippen molar-refractivity contribution in [2.75, 3.05) is 13.2 Å². The molecule has 0 aliphatic carbocycles. The first kappa shape index (κ1) is 45.1. The summed E-state index contributed by atoms with van der Waals surface area (Å²) in [7, 11) is 0. The third-order valence-electron chi connectivity index (χ3n) is 9.94. The van der Waals surface area contributed by atoms with Crippen molar-refractivity contribution in [2.45, 2.75) is 104 Å². The number of unbranched alkanes of at least 4 members (excludes halogenated alkanes) is 12. The lowest BCUT2D eigenvalue weighted by molar-refractivity contribution is 0.0725. The maximum Gasteiger partial charge on any atom is 0.343 e. The van der Waals surface area contributed by atoms with E-state index in [0.29, 0.717) is 47.2 Å². The Kier molecular flexibility index (Phi) is 19.6. The zero-order chi connectivity index (χ0) is 42.0. The Labute approximate surface area is 356 Å². The molecule has 0 heterocycles. The predicted molar refractivity (Wildman–Crippen MR) is 244 cm³/mol. The molecule has 60 heavy (non-hydrogen) atoms. The number of hydrogen-bond acceptors (Lipinski definition) is 8. The van der Waals surface area contributed by atoms with Gasteiger partial charge < -0.3 is 18.9 Å². The second-order valence-corrected chi connectivity index (χ2v) is 14.9. The van der Waals surface area contributed by atoms with Crippen LogP contribution in [-0.2, 0) is 0 Å². The Morgan fingerprint density at radius 2 is 0.783 bits per heavy atom. The van der Waals surface area contributed by atoms with Gasteiger partial charge in [-0.05, 0) is 127 Å². The molecule has 0 N–H and O–H groups in total. The van der Waals surface area contributed by atoms with Crippen molar-refractivity contribution in [3.63, 3.8) is 0 Å². The van der Waals surface area contributed by atoms with E-state index in [-0.39, 0.29) is 0 Å². The van der Waals surface area contributed by atoms with Crippen LogP contribution in [0.1, 0.15) is 136 Å². The average Bonchev–Trinajstić information content (AvgIpc) is 3.28. The average molecular weight is 809 g/mol. The highest BCUT2D eigenvalue weighted by atomic mass is 16.5. The molecule has 0 radical (unpaired) electrons. The largest absolute Gasteiger partial charge is 0.494 e. The highest BCUT2D eigenvalue weighted by Gasteiger charge is 2.10. The molecule has 0 aliphatic rings. The molecule has 0 amide bonds. The van der Waals surface area contributed by atoms with E-state index in [1.165, 1.54) is 77.0 Å². The minimum Gasteiger partial charge on any atom is -0.494 e. The Morgan fingerprint density at radius 1 is 0.433 bits per heavy atom. The van der Waals surface area contributed by atoms with Crippen molar-refractivity contribution in [1.29, 1.82) is 0 Å². The molecule has 0 aromatic heterocycles. The Bertz CT molecular complexity index is 1910. The van der Waals surface area contributed by atoms with E-state index in [9.17, 15) is 9.59 Å². The molecule has 8 heteroatoms. The summed E-state index contributed by atoms with van der Waals surface area (Å²) in [5.41, 5.74) is 4.05. The molecular weight excluding hydrogens is 749 g/mol. The topological polar surface area (TPSA) is 95.8 Å². The summed E-state index contributed by atoms with van der Waals surface area (Å²) in [6.45, 7) is 5.84. The van der Waals surface area contributed by atoms with Crippen molar-refractivity contribution in [1.82, 2.24) is 0 Å². The van der Waals surface area contributed by atoms with Crippen LogP contribution in [0.3, 0.4) is 0 Å². The fourth-order valence-electron chi connectivity index (χ4n) is 6.42. The van der Waals surface area contributed by atoms with Crippen molar-refractivity contribution in [2.24, 2.45) is 9.98 Å². The van der Waals surface area contributed by atoms with Crippen LogP contribution in [-0.4, -0.2) is 37.6 Å². The van der Waals surface area contributed by atoms with Crippen LogP contribution in [0.15, 0.2) is 131 Å². The van der Waals surface area contributed by atoms with Gasteiger partial charge in [-0.2, -0.15) is 0 Å². The van der Waals surface area contributed by atoms with Crippen LogP contribution >= 0.6 is 0 Å². The molecule has 0 saturated heterocycles. The summed E-state index contributed by atoms with van der Waals surface area (Å²) in [4.78, 5) is 34.7. The van der Waals surface area contributed by atoms with Crippen LogP contribution in [0, 0.1) is 0 Å². The van der Waals surface area contributed by atoms with Crippen molar-refractivity contribution in [3.8, 4) is 23.0 Å². The molecule has 0 saturated carbocycles. The van der Waals surface area contributed by atoms with E-state index in [4.69, 9.17) is 18.9 Å². The van der Waals surface area contributed by atoms with Crippen LogP contribution in [0.2, 0.25) is 0 Å². The number of aliphatic imine (C=N–C) groups is 2. The van der Waals surface area contributed by atoms with Crippen molar-refractivity contribution >= 4 is 35.7 Å². The maximum absolute atomic E-state index is 12.8. The molecule has 0 fully saturated rings. The number of carbonyl (C=O) groups excluding carboxylic acids is 2. The first-order valence-corrected chi connectivity index (χ1v) is 21.8. The van der Waals surface area contributed by atoms with Gasteiger partial charge in [0.25, 0.3) is 0 Å². The number of carbonyl (C=O) groups is 2. The maximum atomic E-state index is 12.8. The second kappa shape index (κ2) is 26.2. The highest BCUT2D eigenvalue weighted by Crippen LogP contribution is 2.23. The van der Waals surface area contributed by atoms with Gasteiger partial charge in [0, 0.05) is 12.4 Å². The number of hydrogen-bond donors (Lipinski definition) is 0. The smallest absolute Gasteiger partial charge is 0.343 e. The minimum atomic E-state index is -0.440. The van der Waals surface area contributed by atoms with Gasteiger partial charge in [0.05, 0.1) is 35.7 Å². The lowest BCUT2D eigenvalue weighted by atomic mass is 10.1. The minimum absolute atomic E-state index is 0.431. The third-order valence-corrected chi connectivity index (χ3v) is 9.94. The molecule has 0 spiro atoms. The van der Waals surface area contributed by atoms with E-state index in [1.807, 2.05) is 48.5 Å². The van der Waals surface area contributed by atoms with E-state index < -0.39 is 11.9 Å². The third kappa shape index (κ3) is 16.7. The molecule has 5 aromatic rings. The van der Waals surface area contributed by atoms with Gasteiger partial charge >= 0.3 is 11.9 Å². The van der Waals surface area contributed by atoms with E-state index in [2.05, 4.69) is 23.8 Å². The van der Waals surface area contributed by atoms with Crippen molar-refractivity contribution in [3.05, 3.63) is 144 Å². The van der Waals surface area contributed by atoms with Crippen LogP contribution in [0.25, 0.3) is 0 Å². The van der Waals surface area contributed by atoms with E-state index in [1.54, 1.807) is 85.2 Å². The number of ether oxygens (including phenoxy) is 4. The SMILES string of the molecule is CCCCCCCCCOc1ccc(OC(=O)c2ccc(N=Cc3cccc(C=Nc4ccc(C(=O)Oc5ccc(OCCCCCCCCC)cc5)cc4)c3)cc2)cc1. The van der Waals surface area contributed by atoms with Gasteiger partial charge in [0.15, 0.2) is 0 Å². The van der Waals surface area contributed by atoms with E-state index in [0.717, 1.165) is 35.5 Å². The lowest BCUT2D eigenvalue weighted by Gasteiger charge is -2.08. The zero-order valence-electron chi connectivity index (χ0n) is 35.4. The molecule has 0 unspecified atom stereocenters. The van der Waals surface area contributed by atoms with Gasteiger partial charge in [-0.25, -0.2) is 9.59 Å². The Morgan fingerprint density at radius 3 is 1.17 bits per heavy atom. The standard InChI is InChI=1S/C52H60N2O6/c1-3-5-7-9-11-13-15-36-57-47-28-32-49(33-29-47)59-51(55)43-20-24-45(25-21-43)53-39-41-18-17-19-42(38-41)40-54-46-26-22-44(23-27-46)52(56)60-50-34-30-48(31-35-50)58-37-16-14-12-10-8-6-4-2/h17-35,38-40H,3-16,36-37H2,1-2H3. The summed E-state index contributed by atoms with van der Waals surface area (Å²) < 4.78 is 22.9. The molecule has 0 aliphatic heterocycles. The quantitative estimate of drug-likeness (QED) is 0.0239. The normalized spacial score (nSPS) is 11.2. The fourth-order valence-corrected chi connectivity index (χ4v) is 6.42. The first-order chi connectivity index (χ1) is 29.5. The van der Waals surface area contributed by atoms with Gasteiger partial charge in [-0.1, -0.05) is 109 Å². The molecule has 5 aromatic carbocycles. The molecular formula is C52H60N2O6. The highest BCUT2D eigenvalue weighted by molar-refractivity contribution is 5.93. The van der Waals surface area contributed by atoms with Gasteiger partial charge in [-0.3, -0.25) is 9.98 Å². The van der Waals surface area contributed by atoms with Crippen LogP contribution < -0.4 is 18.9 Å². The lowest BCUT2D eigenvalue weighted by Crippen LogP contribution is -2.08. The monoisotopic (exact) mass is 808 g/mol. The van der Waals surface area contributed by atoms with Gasteiger partial charge in [-0.15, -0.1) is 0 Å². The van der Waals surface area contributed by atoms with Gasteiger partial charge in [0.2, 0.25) is 0 Å². The summed E-state index contributed by atoms with van der Waals surface area (Å²) in [6.07, 6.45) is 20.9. The first-order valence-electron chi connectivity index (χ1n) is 21.8. The molecule has 314 valence electrons. The summed E-state index contributed by atoms with van der Waals surface area (Å²) >= 11 is 0.